The largest absolute Gasteiger partial charge is 0.396 e. The molecule has 1 aromatic rings. The van der Waals surface area contributed by atoms with Gasteiger partial charge in [0.25, 0.3) is 0 Å². The van der Waals surface area contributed by atoms with Crippen molar-refractivity contribution in [3.05, 3.63) is 35.4 Å². The molecule has 1 N–H and O–H groups in total. The minimum absolute atomic E-state index is 0.330. The van der Waals surface area contributed by atoms with Crippen LogP contribution in [0.2, 0.25) is 0 Å². The normalized spacial score (nSPS) is 20.4. The number of nitrogens with zero attached hydrogens (tertiary/aromatic N) is 1. The molecule has 0 radical (unpaired) electrons. The predicted octanol–water partition coefficient (Wildman–Crippen LogP) is 2.77. The summed E-state index contributed by atoms with van der Waals surface area (Å²) in [6.07, 6.45) is 5.90. The lowest BCUT2D eigenvalue weighted by Crippen LogP contribution is -2.32. The second kappa shape index (κ2) is 6.91. The molecule has 0 amide bonds. The van der Waals surface area contributed by atoms with Crippen LogP contribution in [0, 0.1) is 6.92 Å². The average molecular weight is 247 g/mol. The smallest absolute Gasteiger partial charge is 0.0431 e. The van der Waals surface area contributed by atoms with E-state index in [2.05, 4.69) is 36.1 Å². The maximum absolute atomic E-state index is 8.85. The highest BCUT2D eigenvalue weighted by molar-refractivity contribution is 5.22. The van der Waals surface area contributed by atoms with Crippen LogP contribution < -0.4 is 0 Å². The number of aliphatic hydroxyl groups is 1. The Morgan fingerprint density at radius 1 is 1.22 bits per heavy atom. The lowest BCUT2D eigenvalue weighted by molar-refractivity contribution is 0.228. The van der Waals surface area contributed by atoms with Gasteiger partial charge in [-0.2, -0.15) is 0 Å². The monoisotopic (exact) mass is 247 g/mol. The molecule has 0 saturated carbocycles. The van der Waals surface area contributed by atoms with Crippen molar-refractivity contribution in [2.45, 2.75) is 45.1 Å². The fourth-order valence-corrected chi connectivity index (χ4v) is 2.84. The molecule has 100 valence electrons. The average Bonchev–Trinajstić information content (AvgIpc) is 2.80. The van der Waals surface area contributed by atoms with Crippen molar-refractivity contribution in [1.29, 1.82) is 0 Å². The summed E-state index contributed by atoms with van der Waals surface area (Å²) in [6.45, 7) is 4.86. The van der Waals surface area contributed by atoms with Crippen molar-refractivity contribution in [3.8, 4) is 0 Å². The van der Waals surface area contributed by atoms with Gasteiger partial charge in [-0.05, 0) is 57.7 Å². The van der Waals surface area contributed by atoms with E-state index in [1.54, 1.807) is 0 Å². The number of aliphatic hydroxyl groups excluding tert-OH is 1. The van der Waals surface area contributed by atoms with Crippen LogP contribution in [0.4, 0.5) is 0 Å². The highest BCUT2D eigenvalue weighted by Crippen LogP contribution is 2.21. The summed E-state index contributed by atoms with van der Waals surface area (Å²) < 4.78 is 0. The molecule has 1 saturated heterocycles. The quantitative estimate of drug-likeness (QED) is 0.781. The van der Waals surface area contributed by atoms with Gasteiger partial charge in [-0.1, -0.05) is 29.8 Å². The van der Waals surface area contributed by atoms with E-state index in [1.165, 1.54) is 36.9 Å². The number of hydrogen-bond acceptors (Lipinski definition) is 2. The summed E-state index contributed by atoms with van der Waals surface area (Å²) in [6, 6.07) is 9.66. The van der Waals surface area contributed by atoms with Crippen LogP contribution >= 0.6 is 0 Å². The molecule has 2 nitrogen and oxygen atoms in total. The van der Waals surface area contributed by atoms with Gasteiger partial charge in [0.05, 0.1) is 0 Å². The van der Waals surface area contributed by atoms with Gasteiger partial charge in [0.2, 0.25) is 0 Å². The maximum atomic E-state index is 8.85. The third-order valence-corrected chi connectivity index (χ3v) is 3.94. The molecule has 1 heterocycles. The molecular formula is C16H25NO. The summed E-state index contributed by atoms with van der Waals surface area (Å²) in [7, 11) is 0. The van der Waals surface area contributed by atoms with Crippen molar-refractivity contribution in [2.75, 3.05) is 19.7 Å². The van der Waals surface area contributed by atoms with E-state index in [0.717, 1.165) is 19.4 Å². The molecule has 1 atom stereocenters. The second-order valence-electron chi connectivity index (χ2n) is 5.45. The number of benzene rings is 1. The Morgan fingerprint density at radius 3 is 2.72 bits per heavy atom. The first kappa shape index (κ1) is 13.6. The minimum atomic E-state index is 0.330. The van der Waals surface area contributed by atoms with Crippen molar-refractivity contribution < 1.29 is 5.11 Å². The van der Waals surface area contributed by atoms with Gasteiger partial charge in [-0.25, -0.2) is 0 Å². The summed E-state index contributed by atoms with van der Waals surface area (Å²) >= 11 is 0. The molecule has 1 unspecified atom stereocenters. The van der Waals surface area contributed by atoms with Gasteiger partial charge in [-0.15, -0.1) is 0 Å². The number of likely N-dealkylation sites (tertiary alicyclic amines) is 1. The first-order chi connectivity index (χ1) is 8.79. The first-order valence-corrected chi connectivity index (χ1v) is 7.20. The number of hydrogen-bond donors (Lipinski definition) is 1. The zero-order valence-electron chi connectivity index (χ0n) is 11.4. The number of rotatable bonds is 6. The summed E-state index contributed by atoms with van der Waals surface area (Å²) in [5, 5.41) is 8.85. The molecule has 0 aromatic heterocycles. The number of aryl methyl sites for hydroxylation is 1. The fraction of sp³-hybridized carbons (Fsp3) is 0.625. The van der Waals surface area contributed by atoms with Gasteiger partial charge >= 0.3 is 0 Å². The summed E-state index contributed by atoms with van der Waals surface area (Å²) in [4.78, 5) is 2.61. The fourth-order valence-electron chi connectivity index (χ4n) is 2.84. The molecule has 1 aliphatic heterocycles. The molecule has 1 aromatic carbocycles. The summed E-state index contributed by atoms with van der Waals surface area (Å²) in [5.41, 5.74) is 2.80. The van der Waals surface area contributed by atoms with E-state index < -0.39 is 0 Å². The third-order valence-electron chi connectivity index (χ3n) is 3.94. The van der Waals surface area contributed by atoms with Crippen LogP contribution in [0.25, 0.3) is 0 Å². The van der Waals surface area contributed by atoms with Gasteiger partial charge in [0, 0.05) is 12.6 Å². The Morgan fingerprint density at radius 2 is 2.00 bits per heavy atom. The zero-order valence-corrected chi connectivity index (χ0v) is 11.4. The van der Waals surface area contributed by atoms with E-state index in [1.807, 2.05) is 0 Å². The van der Waals surface area contributed by atoms with Crippen molar-refractivity contribution in [2.24, 2.45) is 0 Å². The molecule has 0 spiro atoms. The maximum Gasteiger partial charge on any atom is 0.0431 e. The standard InChI is InChI=1S/C16H25NO/c1-14-6-8-15(9-7-14)13-16-5-4-11-17(16)10-2-3-12-18/h6-9,16,18H,2-5,10-13H2,1H3. The van der Waals surface area contributed by atoms with Crippen LogP contribution in [0.1, 0.15) is 36.8 Å². The first-order valence-electron chi connectivity index (χ1n) is 7.20. The van der Waals surface area contributed by atoms with Crippen LogP contribution in [0.3, 0.4) is 0 Å². The molecule has 0 aliphatic carbocycles. The summed E-state index contributed by atoms with van der Waals surface area (Å²) in [5.74, 6) is 0. The van der Waals surface area contributed by atoms with Gasteiger partial charge in [0.1, 0.15) is 0 Å². The lowest BCUT2D eigenvalue weighted by atomic mass is 10.0. The topological polar surface area (TPSA) is 23.5 Å². The van der Waals surface area contributed by atoms with E-state index in [0.29, 0.717) is 12.6 Å². The molecule has 0 bridgehead atoms. The molecule has 2 rings (SSSR count). The third kappa shape index (κ3) is 3.82. The van der Waals surface area contributed by atoms with Crippen LogP contribution in [0.5, 0.6) is 0 Å². The number of unbranched alkanes of at least 4 members (excludes halogenated alkanes) is 1. The van der Waals surface area contributed by atoms with E-state index in [9.17, 15) is 0 Å². The van der Waals surface area contributed by atoms with Crippen LogP contribution in [-0.4, -0.2) is 35.7 Å². The zero-order chi connectivity index (χ0) is 12.8. The molecule has 1 aliphatic rings. The Balaban J connectivity index is 1.85. The van der Waals surface area contributed by atoms with Crippen molar-refractivity contribution in [3.63, 3.8) is 0 Å². The Hall–Kier alpha value is -0.860. The van der Waals surface area contributed by atoms with E-state index in [4.69, 9.17) is 5.11 Å². The highest BCUT2D eigenvalue weighted by Gasteiger charge is 2.23. The minimum Gasteiger partial charge on any atom is -0.396 e. The van der Waals surface area contributed by atoms with Crippen molar-refractivity contribution in [1.82, 2.24) is 4.90 Å². The Kier molecular flexibility index (Phi) is 5.21. The molecule has 2 heteroatoms. The highest BCUT2D eigenvalue weighted by atomic mass is 16.2. The Bertz CT molecular complexity index is 347. The van der Waals surface area contributed by atoms with E-state index >= 15 is 0 Å². The second-order valence-corrected chi connectivity index (χ2v) is 5.45. The molecule has 1 fully saturated rings. The molecule has 18 heavy (non-hydrogen) atoms. The van der Waals surface area contributed by atoms with Crippen LogP contribution in [0.15, 0.2) is 24.3 Å². The van der Waals surface area contributed by atoms with Gasteiger partial charge in [0.15, 0.2) is 0 Å². The van der Waals surface area contributed by atoms with Crippen LogP contribution in [-0.2, 0) is 6.42 Å². The van der Waals surface area contributed by atoms with Crippen molar-refractivity contribution >= 4 is 0 Å². The predicted molar refractivity (Wildman–Crippen MR) is 75.8 cm³/mol. The van der Waals surface area contributed by atoms with E-state index in [-0.39, 0.29) is 0 Å². The van der Waals surface area contributed by atoms with Gasteiger partial charge < -0.3 is 10.0 Å². The SMILES string of the molecule is Cc1ccc(CC2CCCN2CCCCO)cc1. The van der Waals surface area contributed by atoms with Gasteiger partial charge in [-0.3, -0.25) is 0 Å². The lowest BCUT2D eigenvalue weighted by Gasteiger charge is -2.24. The Labute approximate surface area is 111 Å². The molecular weight excluding hydrogens is 222 g/mol.